The van der Waals surface area contributed by atoms with Gasteiger partial charge in [0.25, 0.3) is 0 Å². The molecular weight excluding hydrogens is 448 g/mol. The average Bonchev–Trinajstić information content (AvgIpc) is 3.21. The van der Waals surface area contributed by atoms with Gasteiger partial charge in [-0.1, -0.05) is 30.0 Å². The monoisotopic (exact) mass is 468 g/mol. The summed E-state index contributed by atoms with van der Waals surface area (Å²) in [6.07, 6.45) is -4.40. The van der Waals surface area contributed by atoms with Gasteiger partial charge in [-0.25, -0.2) is 4.39 Å². The maximum Gasteiger partial charge on any atom is 0.422 e. The first-order valence-electron chi connectivity index (χ1n) is 9.84. The second-order valence-electron chi connectivity index (χ2n) is 7.04. The average molecular weight is 468 g/mol. The molecule has 1 aliphatic heterocycles. The molecule has 4 rings (SSSR count). The number of benzene rings is 2. The summed E-state index contributed by atoms with van der Waals surface area (Å²) in [5, 5.41) is 9.16. The highest BCUT2D eigenvalue weighted by molar-refractivity contribution is 7.98. The fraction of sp³-hybridized carbons (Fsp3) is 0.333. The first-order valence-corrected chi connectivity index (χ1v) is 10.8. The molecule has 3 aromatic rings. The van der Waals surface area contributed by atoms with Crippen LogP contribution in [-0.4, -0.2) is 53.9 Å². The van der Waals surface area contributed by atoms with E-state index in [1.807, 2.05) is 4.90 Å². The Labute approximate surface area is 186 Å². The third-order valence-corrected chi connectivity index (χ3v) is 5.65. The molecule has 11 heteroatoms. The summed E-state index contributed by atoms with van der Waals surface area (Å²) in [5.41, 5.74) is 1.35. The number of alkyl halides is 3. The molecule has 2 heterocycles. The summed E-state index contributed by atoms with van der Waals surface area (Å²) >= 11 is 1.35. The minimum atomic E-state index is -4.40. The number of thioether (sulfide) groups is 1. The van der Waals surface area contributed by atoms with Gasteiger partial charge in [0.1, 0.15) is 11.6 Å². The van der Waals surface area contributed by atoms with E-state index in [-0.39, 0.29) is 11.6 Å². The van der Waals surface area contributed by atoms with E-state index < -0.39 is 12.8 Å². The number of aromatic nitrogens is 3. The smallest absolute Gasteiger partial charge is 0.422 e. The zero-order chi connectivity index (χ0) is 22.6. The number of hydrogen-bond donors (Lipinski definition) is 0. The van der Waals surface area contributed by atoms with Gasteiger partial charge in [0.15, 0.2) is 11.8 Å². The van der Waals surface area contributed by atoms with E-state index in [0.29, 0.717) is 48.8 Å². The van der Waals surface area contributed by atoms with Crippen molar-refractivity contribution < 1.29 is 27.0 Å². The fourth-order valence-electron chi connectivity index (χ4n) is 3.20. The van der Waals surface area contributed by atoms with Crippen LogP contribution in [0.25, 0.3) is 5.69 Å². The Balaban J connectivity index is 1.55. The fourth-order valence-corrected chi connectivity index (χ4v) is 4.09. The molecule has 0 saturated carbocycles. The van der Waals surface area contributed by atoms with Gasteiger partial charge in [0.05, 0.1) is 18.9 Å². The van der Waals surface area contributed by atoms with Crippen LogP contribution in [0.3, 0.4) is 0 Å². The Morgan fingerprint density at radius 1 is 1.03 bits per heavy atom. The van der Waals surface area contributed by atoms with Gasteiger partial charge < -0.3 is 14.4 Å². The predicted octanol–water partition coefficient (Wildman–Crippen LogP) is 4.48. The van der Waals surface area contributed by atoms with Crippen molar-refractivity contribution in [1.29, 1.82) is 0 Å². The number of nitrogens with zero attached hydrogens (tertiary/aromatic N) is 4. The van der Waals surface area contributed by atoms with Crippen LogP contribution < -0.4 is 9.64 Å². The Bertz CT molecular complexity index is 1050. The number of hydrogen-bond acceptors (Lipinski definition) is 6. The SMILES string of the molecule is Fc1cccc(-n2c(SCc3cccc(OCC(F)(F)F)c3)nnc2N2CCOCC2)c1. The molecule has 0 atom stereocenters. The molecule has 2 aromatic carbocycles. The lowest BCUT2D eigenvalue weighted by Gasteiger charge is -2.27. The van der Waals surface area contributed by atoms with Gasteiger partial charge in [0.2, 0.25) is 5.95 Å². The molecule has 0 aliphatic carbocycles. The Kier molecular flexibility index (Phi) is 6.85. The summed E-state index contributed by atoms with van der Waals surface area (Å²) in [6.45, 7) is 1.04. The van der Waals surface area contributed by atoms with Crippen LogP contribution in [0.4, 0.5) is 23.5 Å². The Morgan fingerprint density at radius 2 is 1.81 bits per heavy atom. The number of anilines is 1. The minimum Gasteiger partial charge on any atom is -0.484 e. The van der Waals surface area contributed by atoms with E-state index >= 15 is 0 Å². The molecule has 32 heavy (non-hydrogen) atoms. The summed E-state index contributed by atoms with van der Waals surface area (Å²) in [7, 11) is 0. The summed E-state index contributed by atoms with van der Waals surface area (Å²) in [4.78, 5) is 2.02. The maximum atomic E-state index is 13.9. The lowest BCUT2D eigenvalue weighted by Crippen LogP contribution is -2.37. The lowest BCUT2D eigenvalue weighted by atomic mass is 10.2. The van der Waals surface area contributed by atoms with Gasteiger partial charge >= 0.3 is 6.18 Å². The standard InChI is InChI=1S/C21H20F4N4O2S/c22-16-4-2-5-17(12-16)29-19(28-7-9-30-10-8-28)26-27-20(29)32-13-15-3-1-6-18(11-15)31-14-21(23,24)25/h1-6,11-12H,7-10,13-14H2. The highest BCUT2D eigenvalue weighted by atomic mass is 32.2. The van der Waals surface area contributed by atoms with Crippen LogP contribution in [0, 0.1) is 5.82 Å². The number of rotatable bonds is 7. The van der Waals surface area contributed by atoms with Crippen molar-refractivity contribution in [1.82, 2.24) is 14.8 Å². The zero-order valence-electron chi connectivity index (χ0n) is 16.9. The van der Waals surface area contributed by atoms with Crippen LogP contribution in [0.5, 0.6) is 5.75 Å². The first kappa shape index (κ1) is 22.4. The number of ether oxygens (including phenoxy) is 2. The van der Waals surface area contributed by atoms with Crippen LogP contribution >= 0.6 is 11.8 Å². The third-order valence-electron chi connectivity index (χ3n) is 4.65. The molecule has 0 N–H and O–H groups in total. The second-order valence-corrected chi connectivity index (χ2v) is 7.98. The second kappa shape index (κ2) is 9.78. The number of morpholine rings is 1. The van der Waals surface area contributed by atoms with E-state index in [0.717, 1.165) is 5.56 Å². The largest absolute Gasteiger partial charge is 0.484 e. The van der Waals surface area contributed by atoms with Crippen molar-refractivity contribution in [3.05, 3.63) is 59.9 Å². The van der Waals surface area contributed by atoms with E-state index in [1.54, 1.807) is 34.9 Å². The van der Waals surface area contributed by atoms with Crippen molar-refractivity contribution in [3.63, 3.8) is 0 Å². The van der Waals surface area contributed by atoms with E-state index in [9.17, 15) is 17.6 Å². The van der Waals surface area contributed by atoms with E-state index in [1.165, 1.54) is 30.0 Å². The Hall–Kier alpha value is -2.79. The highest BCUT2D eigenvalue weighted by Crippen LogP contribution is 2.30. The zero-order valence-corrected chi connectivity index (χ0v) is 17.7. The quantitative estimate of drug-likeness (QED) is 0.377. The van der Waals surface area contributed by atoms with E-state index in [2.05, 4.69) is 10.2 Å². The van der Waals surface area contributed by atoms with Gasteiger partial charge in [-0.15, -0.1) is 10.2 Å². The minimum absolute atomic E-state index is 0.140. The molecule has 1 fully saturated rings. The molecule has 0 bridgehead atoms. The van der Waals surface area contributed by atoms with Gasteiger partial charge in [-0.2, -0.15) is 13.2 Å². The van der Waals surface area contributed by atoms with Crippen molar-refractivity contribution in [3.8, 4) is 11.4 Å². The molecule has 1 saturated heterocycles. The molecule has 0 amide bonds. The summed E-state index contributed by atoms with van der Waals surface area (Å²) in [6, 6.07) is 12.6. The maximum absolute atomic E-state index is 13.9. The molecule has 0 radical (unpaired) electrons. The molecule has 1 aromatic heterocycles. The molecule has 0 spiro atoms. The topological polar surface area (TPSA) is 52.4 Å². The molecular formula is C21H20F4N4O2S. The van der Waals surface area contributed by atoms with Crippen LogP contribution in [0.2, 0.25) is 0 Å². The van der Waals surface area contributed by atoms with Crippen molar-refractivity contribution in [2.75, 3.05) is 37.8 Å². The summed E-state index contributed by atoms with van der Waals surface area (Å²) in [5.74, 6) is 0.763. The Morgan fingerprint density at radius 3 is 2.56 bits per heavy atom. The van der Waals surface area contributed by atoms with Gasteiger partial charge in [0, 0.05) is 18.8 Å². The van der Waals surface area contributed by atoms with Crippen LogP contribution in [0.15, 0.2) is 53.7 Å². The van der Waals surface area contributed by atoms with Crippen LogP contribution in [0.1, 0.15) is 5.56 Å². The normalized spacial score (nSPS) is 14.6. The van der Waals surface area contributed by atoms with Gasteiger partial charge in [-0.05, 0) is 35.9 Å². The van der Waals surface area contributed by atoms with Crippen molar-refractivity contribution in [2.24, 2.45) is 0 Å². The first-order chi connectivity index (χ1) is 15.4. The molecule has 6 nitrogen and oxygen atoms in total. The highest BCUT2D eigenvalue weighted by Gasteiger charge is 2.28. The predicted molar refractivity (Wildman–Crippen MR) is 112 cm³/mol. The molecule has 170 valence electrons. The van der Waals surface area contributed by atoms with E-state index in [4.69, 9.17) is 9.47 Å². The third kappa shape index (κ3) is 5.71. The molecule has 1 aliphatic rings. The molecule has 0 unspecified atom stereocenters. The summed E-state index contributed by atoms with van der Waals surface area (Å²) < 4.78 is 63.2. The van der Waals surface area contributed by atoms with Crippen LogP contribution in [-0.2, 0) is 10.5 Å². The lowest BCUT2D eigenvalue weighted by molar-refractivity contribution is -0.153. The van der Waals surface area contributed by atoms with Crippen molar-refractivity contribution in [2.45, 2.75) is 17.1 Å². The number of halogens is 4. The van der Waals surface area contributed by atoms with Gasteiger partial charge in [-0.3, -0.25) is 4.57 Å². The van der Waals surface area contributed by atoms with Crippen molar-refractivity contribution >= 4 is 17.7 Å².